The van der Waals surface area contributed by atoms with E-state index in [0.29, 0.717) is 22.3 Å². The molecule has 1 aliphatic rings. The van der Waals surface area contributed by atoms with Gasteiger partial charge in [0.15, 0.2) is 16.6 Å². The Labute approximate surface area is 154 Å². The van der Waals surface area contributed by atoms with Crippen LogP contribution in [0.2, 0.25) is 0 Å². The van der Waals surface area contributed by atoms with Crippen LogP contribution in [0, 0.1) is 19.8 Å². The molecule has 1 amide bonds. The third-order valence-electron chi connectivity index (χ3n) is 4.87. The number of hydrogen-bond acceptors (Lipinski definition) is 7. The normalized spacial score (nSPS) is 20.4. The maximum atomic E-state index is 12.5. The van der Waals surface area contributed by atoms with Crippen LogP contribution in [0.4, 0.5) is 10.9 Å². The Morgan fingerprint density at radius 2 is 2.00 bits per heavy atom. The first kappa shape index (κ1) is 16.9. The summed E-state index contributed by atoms with van der Waals surface area (Å²) in [6.45, 7) is 3.75. The fraction of sp³-hybridized carbons (Fsp3) is 0.471. The first-order chi connectivity index (χ1) is 12.5. The molecule has 0 aromatic carbocycles. The lowest BCUT2D eigenvalue weighted by Crippen LogP contribution is -2.28. The quantitative estimate of drug-likeness (QED) is 0.732. The molecule has 3 N–H and O–H groups in total. The highest BCUT2D eigenvalue weighted by Crippen LogP contribution is 2.35. The molecule has 0 saturated heterocycles. The Morgan fingerprint density at radius 3 is 2.69 bits per heavy atom. The standard InChI is InChI=1S/C17H21N7OS/c1-9-7-26-17(20-9)23-16(25)11-3-5-12(6-4-11)24-8-19-13-14(18)21-10(2)22-15(13)24/h7-8,11-12H,3-6H2,1-2H3,(H2,18,21,22)(H,20,23,25)/t11-,12+. The maximum absolute atomic E-state index is 12.5. The van der Waals surface area contributed by atoms with Gasteiger partial charge < -0.3 is 15.6 Å². The van der Waals surface area contributed by atoms with E-state index in [1.54, 1.807) is 6.33 Å². The van der Waals surface area contributed by atoms with Gasteiger partial charge in [-0.15, -0.1) is 11.3 Å². The molecule has 4 rings (SSSR count). The molecule has 136 valence electrons. The van der Waals surface area contributed by atoms with Gasteiger partial charge in [-0.1, -0.05) is 0 Å². The lowest BCUT2D eigenvalue weighted by Gasteiger charge is -2.28. The van der Waals surface area contributed by atoms with Gasteiger partial charge in [-0.3, -0.25) is 4.79 Å². The summed E-state index contributed by atoms with van der Waals surface area (Å²) in [6, 6.07) is 0.278. The van der Waals surface area contributed by atoms with Crippen molar-refractivity contribution in [2.75, 3.05) is 11.1 Å². The number of aromatic nitrogens is 5. The van der Waals surface area contributed by atoms with Gasteiger partial charge in [-0.05, 0) is 39.5 Å². The number of amides is 1. The molecule has 8 nitrogen and oxygen atoms in total. The fourth-order valence-electron chi connectivity index (χ4n) is 3.55. The number of carbonyl (C=O) groups is 1. The largest absolute Gasteiger partial charge is 0.382 e. The molecule has 9 heteroatoms. The molecule has 0 atom stereocenters. The maximum Gasteiger partial charge on any atom is 0.229 e. The lowest BCUT2D eigenvalue weighted by atomic mass is 9.85. The number of nitrogens with zero attached hydrogens (tertiary/aromatic N) is 5. The zero-order valence-electron chi connectivity index (χ0n) is 14.8. The number of carbonyl (C=O) groups excluding carboxylic acids is 1. The van der Waals surface area contributed by atoms with Gasteiger partial charge in [0.25, 0.3) is 0 Å². The number of nitrogen functional groups attached to an aromatic ring is 1. The third kappa shape index (κ3) is 3.14. The van der Waals surface area contributed by atoms with Crippen LogP contribution in [-0.4, -0.2) is 30.4 Å². The summed E-state index contributed by atoms with van der Waals surface area (Å²) in [5, 5.41) is 5.55. The van der Waals surface area contributed by atoms with Crippen molar-refractivity contribution in [3.8, 4) is 0 Å². The van der Waals surface area contributed by atoms with Crippen LogP contribution in [0.25, 0.3) is 11.2 Å². The average molecular weight is 371 g/mol. The van der Waals surface area contributed by atoms with E-state index in [9.17, 15) is 4.79 Å². The van der Waals surface area contributed by atoms with Crippen molar-refractivity contribution in [1.29, 1.82) is 0 Å². The van der Waals surface area contributed by atoms with E-state index in [2.05, 4.69) is 29.8 Å². The van der Waals surface area contributed by atoms with Crippen LogP contribution < -0.4 is 11.1 Å². The van der Waals surface area contributed by atoms with E-state index in [4.69, 9.17) is 5.73 Å². The SMILES string of the molecule is Cc1csc(NC(=O)[C@H]2CC[C@@H](n3cnc4c(N)nc(C)nc43)CC2)n1. The molecule has 26 heavy (non-hydrogen) atoms. The molecular formula is C17H21N7OS. The summed E-state index contributed by atoms with van der Waals surface area (Å²) < 4.78 is 2.08. The number of imidazole rings is 1. The molecule has 3 aromatic heterocycles. The Bertz CT molecular complexity index is 955. The number of hydrogen-bond donors (Lipinski definition) is 2. The van der Waals surface area contributed by atoms with Crippen LogP contribution >= 0.6 is 11.3 Å². The van der Waals surface area contributed by atoms with Crippen LogP contribution in [0.15, 0.2) is 11.7 Å². The molecule has 0 spiro atoms. The van der Waals surface area contributed by atoms with E-state index in [-0.39, 0.29) is 17.9 Å². The monoisotopic (exact) mass is 371 g/mol. The average Bonchev–Trinajstić information content (AvgIpc) is 3.21. The number of nitrogens with one attached hydrogen (secondary N) is 1. The first-order valence-electron chi connectivity index (χ1n) is 8.71. The summed E-state index contributed by atoms with van der Waals surface area (Å²) in [5.41, 5.74) is 8.31. The van der Waals surface area contributed by atoms with Crippen molar-refractivity contribution in [2.24, 2.45) is 5.92 Å². The highest BCUT2D eigenvalue weighted by atomic mass is 32.1. The van der Waals surface area contributed by atoms with Crippen LogP contribution in [0.3, 0.4) is 0 Å². The van der Waals surface area contributed by atoms with Crippen LogP contribution in [0.5, 0.6) is 0 Å². The smallest absolute Gasteiger partial charge is 0.229 e. The molecule has 0 unspecified atom stereocenters. The molecule has 3 heterocycles. The Kier molecular flexibility index (Phi) is 4.31. The van der Waals surface area contributed by atoms with Crippen molar-refractivity contribution >= 4 is 39.4 Å². The minimum atomic E-state index is 0.0201. The highest BCUT2D eigenvalue weighted by molar-refractivity contribution is 7.13. The Hall–Kier alpha value is -2.55. The minimum absolute atomic E-state index is 0.0201. The van der Waals surface area contributed by atoms with Gasteiger partial charge in [0.05, 0.1) is 12.0 Å². The van der Waals surface area contributed by atoms with Crippen molar-refractivity contribution in [3.63, 3.8) is 0 Å². The van der Waals surface area contributed by atoms with Gasteiger partial charge in [0.2, 0.25) is 5.91 Å². The van der Waals surface area contributed by atoms with Crippen molar-refractivity contribution in [1.82, 2.24) is 24.5 Å². The summed E-state index contributed by atoms with van der Waals surface area (Å²) in [4.78, 5) is 29.8. The molecule has 0 radical (unpaired) electrons. The third-order valence-corrected chi connectivity index (χ3v) is 5.75. The van der Waals surface area contributed by atoms with Gasteiger partial charge in [0, 0.05) is 17.3 Å². The second-order valence-electron chi connectivity index (χ2n) is 6.77. The predicted molar refractivity (Wildman–Crippen MR) is 101 cm³/mol. The molecule has 0 aliphatic heterocycles. The predicted octanol–water partition coefficient (Wildman–Crippen LogP) is 2.85. The number of fused-ring (bicyclic) bond motifs is 1. The van der Waals surface area contributed by atoms with E-state index < -0.39 is 0 Å². The zero-order valence-corrected chi connectivity index (χ0v) is 15.6. The minimum Gasteiger partial charge on any atom is -0.382 e. The molecule has 1 fully saturated rings. The number of thiazole rings is 1. The highest BCUT2D eigenvalue weighted by Gasteiger charge is 2.28. The summed E-state index contributed by atoms with van der Waals surface area (Å²) >= 11 is 1.46. The van der Waals surface area contributed by atoms with Gasteiger partial charge in [0.1, 0.15) is 11.3 Å². The molecule has 1 aliphatic carbocycles. The number of nitrogens with two attached hydrogens (primary N) is 1. The Morgan fingerprint density at radius 1 is 1.23 bits per heavy atom. The zero-order chi connectivity index (χ0) is 18.3. The van der Waals surface area contributed by atoms with Gasteiger partial charge in [-0.2, -0.15) is 0 Å². The van der Waals surface area contributed by atoms with Crippen molar-refractivity contribution < 1.29 is 4.79 Å². The molecule has 3 aromatic rings. The van der Waals surface area contributed by atoms with E-state index >= 15 is 0 Å². The van der Waals surface area contributed by atoms with Crippen molar-refractivity contribution in [2.45, 2.75) is 45.6 Å². The van der Waals surface area contributed by atoms with E-state index in [0.717, 1.165) is 37.0 Å². The number of rotatable bonds is 3. The molecule has 0 bridgehead atoms. The van der Waals surface area contributed by atoms with E-state index in [1.165, 1.54) is 11.3 Å². The number of anilines is 2. The van der Waals surface area contributed by atoms with Gasteiger partial charge >= 0.3 is 0 Å². The topological polar surface area (TPSA) is 112 Å². The summed E-state index contributed by atoms with van der Waals surface area (Å²) in [6.07, 6.45) is 5.27. The van der Waals surface area contributed by atoms with Crippen molar-refractivity contribution in [3.05, 3.63) is 23.2 Å². The summed E-state index contributed by atoms with van der Waals surface area (Å²) in [7, 11) is 0. The fourth-order valence-corrected chi connectivity index (χ4v) is 4.24. The van der Waals surface area contributed by atoms with E-state index in [1.807, 2.05) is 19.2 Å². The second kappa shape index (κ2) is 6.64. The summed E-state index contributed by atoms with van der Waals surface area (Å²) in [5.74, 6) is 1.14. The molecular weight excluding hydrogens is 350 g/mol. The van der Waals surface area contributed by atoms with Crippen LogP contribution in [-0.2, 0) is 4.79 Å². The van der Waals surface area contributed by atoms with Gasteiger partial charge in [-0.25, -0.2) is 19.9 Å². The lowest BCUT2D eigenvalue weighted by molar-refractivity contribution is -0.120. The number of aryl methyl sites for hydroxylation is 2. The molecule has 1 saturated carbocycles. The van der Waals surface area contributed by atoms with Crippen LogP contribution in [0.1, 0.15) is 43.2 Å². The first-order valence-corrected chi connectivity index (χ1v) is 9.59. The Balaban J connectivity index is 1.44. The second-order valence-corrected chi connectivity index (χ2v) is 7.63.